The lowest BCUT2D eigenvalue weighted by Gasteiger charge is -2.01. The van der Waals surface area contributed by atoms with E-state index in [4.69, 9.17) is 0 Å². The lowest BCUT2D eigenvalue weighted by molar-refractivity contribution is 0.214. The first-order valence-corrected chi connectivity index (χ1v) is 5.74. The number of thioether (sulfide) groups is 1. The first-order chi connectivity index (χ1) is 7.15. The molecule has 0 radical (unpaired) electrons. The highest BCUT2D eigenvalue weighted by Gasteiger charge is 1.95. The van der Waals surface area contributed by atoms with Crippen molar-refractivity contribution < 1.29 is 4.84 Å². The second-order valence-electron chi connectivity index (χ2n) is 2.96. The van der Waals surface area contributed by atoms with Crippen LogP contribution < -0.4 is 0 Å². The lowest BCUT2D eigenvalue weighted by atomic mass is 10.1. The molecule has 0 saturated heterocycles. The van der Waals surface area contributed by atoms with Crippen molar-refractivity contribution in [2.24, 2.45) is 5.16 Å². The van der Waals surface area contributed by atoms with Gasteiger partial charge >= 0.3 is 0 Å². The molecule has 0 aliphatic rings. The Morgan fingerprint density at radius 3 is 2.40 bits per heavy atom. The maximum atomic E-state index is 4.68. The van der Waals surface area contributed by atoms with Gasteiger partial charge in [0, 0.05) is 0 Å². The second-order valence-corrected chi connectivity index (χ2v) is 4.02. The molecule has 15 heavy (non-hydrogen) atoms. The van der Waals surface area contributed by atoms with Crippen LogP contribution in [-0.2, 0) is 4.84 Å². The van der Waals surface area contributed by atoms with Crippen molar-refractivity contribution in [3.05, 3.63) is 34.8 Å². The first kappa shape index (κ1) is 14.0. The van der Waals surface area contributed by atoms with E-state index < -0.39 is 0 Å². The van der Waals surface area contributed by atoms with Crippen molar-refractivity contribution in [1.29, 1.82) is 0 Å². The molecule has 0 unspecified atom stereocenters. The van der Waals surface area contributed by atoms with Gasteiger partial charge in [0.15, 0.2) is 0 Å². The molecule has 0 saturated carbocycles. The fourth-order valence-corrected chi connectivity index (χ4v) is 1.63. The molecule has 0 spiro atoms. The fraction of sp³-hybridized carbons (Fsp3) is 0.417. The summed E-state index contributed by atoms with van der Waals surface area (Å²) in [6, 6.07) is 0. The molecule has 0 bridgehead atoms. The average Bonchev–Trinajstić information content (AvgIpc) is 2.23. The van der Waals surface area contributed by atoms with Crippen LogP contribution in [0.3, 0.4) is 0 Å². The van der Waals surface area contributed by atoms with Crippen molar-refractivity contribution in [3.8, 4) is 0 Å². The van der Waals surface area contributed by atoms with Gasteiger partial charge in [-0.25, -0.2) is 0 Å². The van der Waals surface area contributed by atoms with Crippen LogP contribution in [0.1, 0.15) is 27.7 Å². The van der Waals surface area contributed by atoms with Gasteiger partial charge in [-0.15, -0.1) is 0 Å². The smallest absolute Gasteiger partial charge is 0.114 e. The SMILES string of the molecule is C\C=C/C(=C\C)C(/C)=C\S/C(C)=N\OC. The molecule has 0 aromatic rings. The van der Waals surface area contributed by atoms with E-state index in [-0.39, 0.29) is 0 Å². The minimum Gasteiger partial charge on any atom is -0.398 e. The van der Waals surface area contributed by atoms with Gasteiger partial charge in [-0.1, -0.05) is 35.1 Å². The summed E-state index contributed by atoms with van der Waals surface area (Å²) in [6.45, 7) is 8.06. The molecular weight excluding hydrogens is 206 g/mol. The first-order valence-electron chi connectivity index (χ1n) is 4.86. The van der Waals surface area contributed by atoms with Crippen LogP contribution in [0.15, 0.2) is 39.9 Å². The lowest BCUT2D eigenvalue weighted by Crippen LogP contribution is -1.84. The molecule has 0 rings (SSSR count). The third kappa shape index (κ3) is 6.18. The van der Waals surface area contributed by atoms with Crippen molar-refractivity contribution in [1.82, 2.24) is 0 Å². The molecule has 0 atom stereocenters. The molecule has 0 heterocycles. The van der Waals surface area contributed by atoms with E-state index in [0.717, 1.165) is 5.04 Å². The van der Waals surface area contributed by atoms with Gasteiger partial charge in [-0.3, -0.25) is 0 Å². The molecule has 0 aromatic heterocycles. The molecule has 2 nitrogen and oxygen atoms in total. The van der Waals surface area contributed by atoms with Gasteiger partial charge in [0.05, 0.1) is 0 Å². The zero-order valence-corrected chi connectivity index (χ0v) is 10.9. The second kappa shape index (κ2) is 8.36. The van der Waals surface area contributed by atoms with Gasteiger partial charge in [0.2, 0.25) is 0 Å². The summed E-state index contributed by atoms with van der Waals surface area (Å²) in [5.41, 5.74) is 2.46. The van der Waals surface area contributed by atoms with Crippen LogP contribution >= 0.6 is 11.8 Å². The minimum absolute atomic E-state index is 0.896. The Labute approximate surface area is 96.8 Å². The predicted molar refractivity (Wildman–Crippen MR) is 70.0 cm³/mol. The van der Waals surface area contributed by atoms with Crippen LogP contribution in [0.25, 0.3) is 0 Å². The van der Waals surface area contributed by atoms with Gasteiger partial charge in [0.1, 0.15) is 12.2 Å². The standard InChI is InChI=1S/C12H19NOS/c1-6-8-12(7-2)10(3)9-15-11(4)13-14-5/h6-9H,1-5H3/b8-6-,10-9-,12-7+,13-11-. The third-order valence-electron chi connectivity index (χ3n) is 1.74. The summed E-state index contributed by atoms with van der Waals surface area (Å²) in [7, 11) is 1.55. The summed E-state index contributed by atoms with van der Waals surface area (Å²) in [5.74, 6) is 0. The normalized spacial score (nSPS) is 14.9. The van der Waals surface area contributed by atoms with E-state index in [0.29, 0.717) is 0 Å². The summed E-state index contributed by atoms with van der Waals surface area (Å²) in [4.78, 5) is 4.68. The van der Waals surface area contributed by atoms with Gasteiger partial charge in [0.25, 0.3) is 0 Å². The highest BCUT2D eigenvalue weighted by Crippen LogP contribution is 2.17. The fourth-order valence-electron chi connectivity index (χ4n) is 1.03. The maximum absolute atomic E-state index is 4.68. The Hall–Kier alpha value is -0.960. The average molecular weight is 225 g/mol. The number of allylic oxidation sites excluding steroid dienone is 5. The van der Waals surface area contributed by atoms with E-state index in [1.165, 1.54) is 11.1 Å². The van der Waals surface area contributed by atoms with E-state index in [1.807, 2.05) is 26.8 Å². The monoisotopic (exact) mass is 225 g/mol. The summed E-state index contributed by atoms with van der Waals surface area (Å²) >= 11 is 1.57. The number of oxime groups is 1. The molecule has 0 fully saturated rings. The van der Waals surface area contributed by atoms with Crippen molar-refractivity contribution >= 4 is 16.8 Å². The Morgan fingerprint density at radius 1 is 1.27 bits per heavy atom. The molecule has 0 N–H and O–H groups in total. The van der Waals surface area contributed by atoms with Gasteiger partial charge < -0.3 is 4.84 Å². The summed E-state index contributed by atoms with van der Waals surface area (Å²) in [5, 5.41) is 6.80. The predicted octanol–water partition coefficient (Wildman–Crippen LogP) is 4.13. The van der Waals surface area contributed by atoms with E-state index in [2.05, 4.69) is 34.5 Å². The Balaban J connectivity index is 4.49. The largest absolute Gasteiger partial charge is 0.398 e. The number of hydrogen-bond acceptors (Lipinski definition) is 3. The van der Waals surface area contributed by atoms with Crippen molar-refractivity contribution in [2.75, 3.05) is 7.11 Å². The Bertz CT molecular complexity index is 301. The molecule has 0 aliphatic heterocycles. The highest BCUT2D eigenvalue weighted by atomic mass is 32.2. The molecule has 84 valence electrons. The molecular formula is C12H19NOS. The molecule has 3 heteroatoms. The summed E-state index contributed by atoms with van der Waals surface area (Å²) in [6.07, 6.45) is 6.22. The quantitative estimate of drug-likeness (QED) is 0.310. The summed E-state index contributed by atoms with van der Waals surface area (Å²) < 4.78 is 0. The Morgan fingerprint density at radius 2 is 1.93 bits per heavy atom. The molecule has 0 aromatic carbocycles. The minimum atomic E-state index is 0.896. The maximum Gasteiger partial charge on any atom is 0.114 e. The molecule has 0 amide bonds. The van der Waals surface area contributed by atoms with Crippen LogP contribution in [-0.4, -0.2) is 12.2 Å². The number of rotatable bonds is 4. The van der Waals surface area contributed by atoms with Crippen molar-refractivity contribution in [3.63, 3.8) is 0 Å². The number of nitrogens with zero attached hydrogens (tertiary/aromatic N) is 1. The zero-order valence-electron chi connectivity index (χ0n) is 10.1. The van der Waals surface area contributed by atoms with Crippen LogP contribution in [0.5, 0.6) is 0 Å². The van der Waals surface area contributed by atoms with Gasteiger partial charge in [-0.05, 0) is 44.2 Å². The van der Waals surface area contributed by atoms with Crippen LogP contribution in [0.4, 0.5) is 0 Å². The topological polar surface area (TPSA) is 21.6 Å². The van der Waals surface area contributed by atoms with Crippen LogP contribution in [0, 0.1) is 0 Å². The highest BCUT2D eigenvalue weighted by molar-refractivity contribution is 8.16. The van der Waals surface area contributed by atoms with Crippen molar-refractivity contribution in [2.45, 2.75) is 27.7 Å². The van der Waals surface area contributed by atoms with E-state index >= 15 is 0 Å². The van der Waals surface area contributed by atoms with Gasteiger partial charge in [-0.2, -0.15) is 0 Å². The van der Waals surface area contributed by atoms with Crippen LogP contribution in [0.2, 0.25) is 0 Å². The zero-order chi connectivity index (χ0) is 11.7. The number of hydrogen-bond donors (Lipinski definition) is 0. The van der Waals surface area contributed by atoms with E-state index in [9.17, 15) is 0 Å². The van der Waals surface area contributed by atoms with E-state index in [1.54, 1.807) is 18.9 Å². The Kier molecular flexibility index (Phi) is 7.82. The third-order valence-corrected chi connectivity index (χ3v) is 2.63. The molecule has 0 aliphatic carbocycles.